The summed E-state index contributed by atoms with van der Waals surface area (Å²) in [6.07, 6.45) is 1.97. The number of para-hydroxylation sites is 2. The van der Waals surface area contributed by atoms with E-state index in [1.165, 1.54) is 98.8 Å². The first kappa shape index (κ1) is 27.8. The SMILES string of the molecule is c1ccc(-n2c3ccc(-c4ccc5c(c4)c4ccccc4n5-c4ccc5c6c(ccnc46)-c4ccccc4-5)cc3c3cc4ccccc4cc32)cc1. The molecule has 3 heteroatoms. The van der Waals surface area contributed by atoms with Crippen molar-refractivity contribution in [3.63, 3.8) is 0 Å². The molecule has 0 atom stereocenters. The van der Waals surface area contributed by atoms with Crippen molar-refractivity contribution in [2.45, 2.75) is 0 Å². The van der Waals surface area contributed by atoms with Crippen LogP contribution in [0.1, 0.15) is 0 Å². The van der Waals surface area contributed by atoms with Crippen LogP contribution in [0.2, 0.25) is 0 Å². The molecule has 0 unspecified atom stereocenters. The molecule has 0 spiro atoms. The van der Waals surface area contributed by atoms with Gasteiger partial charge in [0.15, 0.2) is 0 Å². The maximum Gasteiger partial charge on any atom is 0.0954 e. The molecule has 0 aliphatic heterocycles. The van der Waals surface area contributed by atoms with Gasteiger partial charge in [0.05, 0.1) is 33.3 Å². The fourth-order valence-electron chi connectivity index (χ4n) is 8.99. The molecule has 240 valence electrons. The highest BCUT2D eigenvalue weighted by Crippen LogP contribution is 2.48. The predicted octanol–water partition coefficient (Wildman–Crippen LogP) is 12.9. The molecule has 1 aliphatic carbocycles. The highest BCUT2D eigenvalue weighted by molar-refractivity contribution is 6.18. The predicted molar refractivity (Wildman–Crippen MR) is 218 cm³/mol. The summed E-state index contributed by atoms with van der Waals surface area (Å²) in [4.78, 5) is 5.03. The van der Waals surface area contributed by atoms with E-state index < -0.39 is 0 Å². The topological polar surface area (TPSA) is 22.8 Å². The second-order valence-corrected chi connectivity index (χ2v) is 14.0. The van der Waals surface area contributed by atoms with Gasteiger partial charge in [0, 0.05) is 38.8 Å². The van der Waals surface area contributed by atoms with E-state index in [1.54, 1.807) is 0 Å². The summed E-state index contributed by atoms with van der Waals surface area (Å²) in [6, 6.07) is 62.2. The Morgan fingerprint density at radius 1 is 0.365 bits per heavy atom. The van der Waals surface area contributed by atoms with Crippen molar-refractivity contribution in [1.29, 1.82) is 0 Å². The summed E-state index contributed by atoms with van der Waals surface area (Å²) in [7, 11) is 0. The molecule has 0 radical (unpaired) electrons. The van der Waals surface area contributed by atoms with Gasteiger partial charge in [-0.1, -0.05) is 103 Å². The lowest BCUT2D eigenvalue weighted by atomic mass is 10.00. The van der Waals surface area contributed by atoms with Crippen LogP contribution in [0.25, 0.3) is 110 Å². The maximum atomic E-state index is 5.03. The Kier molecular flexibility index (Phi) is 5.50. The van der Waals surface area contributed by atoms with Gasteiger partial charge in [0.1, 0.15) is 0 Å². The third kappa shape index (κ3) is 3.72. The molecule has 1 aliphatic rings. The second-order valence-electron chi connectivity index (χ2n) is 14.0. The minimum absolute atomic E-state index is 1.03. The Morgan fingerprint density at radius 2 is 0.962 bits per heavy atom. The smallest absolute Gasteiger partial charge is 0.0954 e. The van der Waals surface area contributed by atoms with E-state index in [0.29, 0.717) is 0 Å². The minimum Gasteiger partial charge on any atom is -0.309 e. The van der Waals surface area contributed by atoms with Gasteiger partial charge in [0.25, 0.3) is 0 Å². The van der Waals surface area contributed by atoms with Gasteiger partial charge in [-0.05, 0) is 111 Å². The number of rotatable bonds is 3. The number of pyridine rings is 1. The maximum absolute atomic E-state index is 5.03. The molecular weight excluding hydrogens is 631 g/mol. The minimum atomic E-state index is 1.03. The van der Waals surface area contributed by atoms with E-state index in [9.17, 15) is 0 Å². The number of nitrogens with zero attached hydrogens (tertiary/aromatic N) is 3. The summed E-state index contributed by atoms with van der Waals surface area (Å²) in [6.45, 7) is 0. The molecule has 3 aromatic heterocycles. The zero-order valence-corrected chi connectivity index (χ0v) is 28.1. The van der Waals surface area contributed by atoms with Crippen molar-refractivity contribution in [2.24, 2.45) is 0 Å². The second kappa shape index (κ2) is 10.3. The molecule has 3 nitrogen and oxygen atoms in total. The summed E-state index contributed by atoms with van der Waals surface area (Å²) >= 11 is 0. The Morgan fingerprint density at radius 3 is 1.75 bits per heavy atom. The zero-order valence-electron chi connectivity index (χ0n) is 28.1. The van der Waals surface area contributed by atoms with Crippen molar-refractivity contribution < 1.29 is 0 Å². The molecule has 0 amide bonds. The van der Waals surface area contributed by atoms with Crippen molar-refractivity contribution in [1.82, 2.24) is 14.1 Å². The van der Waals surface area contributed by atoms with Gasteiger partial charge in [-0.15, -0.1) is 0 Å². The molecule has 52 heavy (non-hydrogen) atoms. The van der Waals surface area contributed by atoms with Crippen LogP contribution >= 0.6 is 0 Å². The van der Waals surface area contributed by atoms with Crippen molar-refractivity contribution in [2.75, 3.05) is 0 Å². The number of fused-ring (bicyclic) bond motifs is 10. The van der Waals surface area contributed by atoms with Gasteiger partial charge < -0.3 is 9.13 Å². The first-order valence-corrected chi connectivity index (χ1v) is 17.9. The number of hydrogen-bond donors (Lipinski definition) is 0. The fourth-order valence-corrected chi connectivity index (χ4v) is 8.99. The van der Waals surface area contributed by atoms with E-state index >= 15 is 0 Å². The summed E-state index contributed by atoms with van der Waals surface area (Å²) in [5.41, 5.74) is 15.6. The van der Waals surface area contributed by atoms with E-state index in [-0.39, 0.29) is 0 Å². The lowest BCUT2D eigenvalue weighted by Gasteiger charge is -2.12. The van der Waals surface area contributed by atoms with Crippen LogP contribution < -0.4 is 0 Å². The van der Waals surface area contributed by atoms with Crippen LogP contribution in [0.5, 0.6) is 0 Å². The van der Waals surface area contributed by atoms with Crippen molar-refractivity contribution >= 4 is 65.3 Å². The van der Waals surface area contributed by atoms with Crippen LogP contribution in [0.3, 0.4) is 0 Å². The van der Waals surface area contributed by atoms with Crippen LogP contribution in [0.4, 0.5) is 0 Å². The zero-order chi connectivity index (χ0) is 33.9. The normalized spacial score (nSPS) is 12.2. The first-order valence-electron chi connectivity index (χ1n) is 17.9. The molecule has 12 rings (SSSR count). The van der Waals surface area contributed by atoms with Gasteiger partial charge in [-0.2, -0.15) is 0 Å². The number of aromatic nitrogens is 3. The summed E-state index contributed by atoms with van der Waals surface area (Å²) in [5.74, 6) is 0. The monoisotopic (exact) mass is 659 g/mol. The quantitative estimate of drug-likeness (QED) is 0.185. The molecule has 0 bridgehead atoms. The lowest BCUT2D eigenvalue weighted by Crippen LogP contribution is -1.97. The highest BCUT2D eigenvalue weighted by Gasteiger charge is 2.24. The Bertz CT molecular complexity index is 3260. The van der Waals surface area contributed by atoms with Crippen molar-refractivity contribution in [3.05, 3.63) is 176 Å². The van der Waals surface area contributed by atoms with E-state index in [1.807, 2.05) is 6.20 Å². The van der Waals surface area contributed by atoms with Crippen LogP contribution in [0, 0.1) is 0 Å². The standard InChI is InChI=1S/C49H29N3/c1-2-12-34(13-3-1)51-44-21-18-33(28-41(44)42-26-30-10-4-5-11-31(30)29-47(42)51)32-19-22-45-40(27-32)37-16-8-9-17-43(37)52(45)46-23-20-38-35-14-6-7-15-36(35)39-24-25-50-49(46)48(38)39/h1-29H. The highest BCUT2D eigenvalue weighted by atomic mass is 15.0. The lowest BCUT2D eigenvalue weighted by molar-refractivity contribution is 1.18. The average Bonchev–Trinajstić information content (AvgIpc) is 3.83. The average molecular weight is 660 g/mol. The van der Waals surface area contributed by atoms with Crippen LogP contribution in [-0.2, 0) is 0 Å². The third-order valence-corrected chi connectivity index (χ3v) is 11.3. The number of benzene rings is 8. The molecule has 0 saturated carbocycles. The van der Waals surface area contributed by atoms with Crippen molar-refractivity contribution in [3.8, 4) is 44.8 Å². The van der Waals surface area contributed by atoms with Crippen LogP contribution in [0.15, 0.2) is 176 Å². The summed E-state index contributed by atoms with van der Waals surface area (Å²) in [5, 5.41) is 8.72. The van der Waals surface area contributed by atoms with E-state index in [4.69, 9.17) is 4.98 Å². The van der Waals surface area contributed by atoms with Crippen LogP contribution in [-0.4, -0.2) is 14.1 Å². The van der Waals surface area contributed by atoms with E-state index in [0.717, 1.165) is 11.2 Å². The molecule has 3 heterocycles. The van der Waals surface area contributed by atoms with Gasteiger partial charge in [-0.25, -0.2) is 0 Å². The Hall–Kier alpha value is -6.97. The summed E-state index contributed by atoms with van der Waals surface area (Å²) < 4.78 is 4.82. The molecule has 11 aromatic rings. The molecule has 8 aromatic carbocycles. The first-order chi connectivity index (χ1) is 25.8. The molecule has 0 fully saturated rings. The van der Waals surface area contributed by atoms with Gasteiger partial charge in [0.2, 0.25) is 0 Å². The van der Waals surface area contributed by atoms with Gasteiger partial charge in [-0.3, -0.25) is 4.98 Å². The number of hydrogen-bond acceptors (Lipinski definition) is 1. The molecular formula is C49H29N3. The van der Waals surface area contributed by atoms with Gasteiger partial charge >= 0.3 is 0 Å². The molecule has 0 saturated heterocycles. The van der Waals surface area contributed by atoms with E-state index in [2.05, 4.69) is 179 Å². The Labute approximate surface area is 299 Å². The Balaban J connectivity index is 1.08. The third-order valence-electron chi connectivity index (χ3n) is 11.3. The molecule has 0 N–H and O–H groups in total. The largest absolute Gasteiger partial charge is 0.309 e. The fraction of sp³-hybridized carbons (Fsp3) is 0.